The fourth-order valence-corrected chi connectivity index (χ4v) is 7.16. The van der Waals surface area contributed by atoms with Crippen LogP contribution in [0.15, 0.2) is 42.5 Å². The van der Waals surface area contributed by atoms with E-state index in [0.717, 1.165) is 48.8 Å². The second kappa shape index (κ2) is 18.4. The normalized spacial score (nSPS) is 16.6. The summed E-state index contributed by atoms with van der Waals surface area (Å²) in [7, 11) is -4.14. The number of esters is 1. The molecule has 0 heterocycles. The van der Waals surface area contributed by atoms with Crippen LogP contribution in [0.25, 0.3) is 0 Å². The molecule has 1 aliphatic rings. The zero-order valence-electron chi connectivity index (χ0n) is 28.9. The van der Waals surface area contributed by atoms with Crippen LogP contribution in [0.2, 0.25) is 0 Å². The highest BCUT2D eigenvalue weighted by Gasteiger charge is 2.37. The SMILES string of the molecule is CCCCCCCCc1ccc(CCC(N)(CO)COP(=O)(NC(C)C(=O)OCC(C)(C)C)Oc2cccc3c2CCCC3)cc1. The van der Waals surface area contributed by atoms with Crippen molar-refractivity contribution in [1.82, 2.24) is 5.09 Å². The summed E-state index contributed by atoms with van der Waals surface area (Å²) in [5, 5.41) is 13.1. The molecular formula is C37H59N2O6P. The average molecular weight is 659 g/mol. The van der Waals surface area contributed by atoms with E-state index >= 15 is 0 Å². The Morgan fingerprint density at radius 2 is 1.61 bits per heavy atom. The van der Waals surface area contributed by atoms with Gasteiger partial charge in [-0.2, -0.15) is 5.09 Å². The molecule has 2 aromatic carbocycles. The first-order valence-corrected chi connectivity index (χ1v) is 18.9. The maximum Gasteiger partial charge on any atom is 0.459 e. The van der Waals surface area contributed by atoms with Crippen molar-refractivity contribution in [3.05, 3.63) is 64.7 Å². The molecule has 0 fully saturated rings. The van der Waals surface area contributed by atoms with Gasteiger partial charge in [-0.25, -0.2) is 4.57 Å². The van der Waals surface area contributed by atoms with Gasteiger partial charge in [-0.15, -0.1) is 0 Å². The number of hydrogen-bond donors (Lipinski definition) is 3. The molecule has 3 rings (SSSR count). The van der Waals surface area contributed by atoms with Gasteiger partial charge in [0, 0.05) is 0 Å². The monoisotopic (exact) mass is 658 g/mol. The second-order valence-electron chi connectivity index (χ2n) is 14.3. The quantitative estimate of drug-likeness (QED) is 0.0747. The van der Waals surface area contributed by atoms with Gasteiger partial charge in [0.1, 0.15) is 11.8 Å². The lowest BCUT2D eigenvalue weighted by Crippen LogP contribution is -2.49. The van der Waals surface area contributed by atoms with Gasteiger partial charge < -0.3 is 20.1 Å². The second-order valence-corrected chi connectivity index (χ2v) is 16.0. The average Bonchev–Trinajstić information content (AvgIpc) is 3.03. The van der Waals surface area contributed by atoms with Crippen molar-refractivity contribution in [2.75, 3.05) is 19.8 Å². The lowest BCUT2D eigenvalue weighted by molar-refractivity contribution is -0.148. The number of fused-ring (bicyclic) bond motifs is 1. The third-order valence-electron chi connectivity index (χ3n) is 8.51. The molecule has 0 aromatic heterocycles. The molecule has 0 radical (unpaired) electrons. The Bertz CT molecular complexity index is 1260. The molecule has 8 nitrogen and oxygen atoms in total. The zero-order chi connectivity index (χ0) is 33.6. The summed E-state index contributed by atoms with van der Waals surface area (Å²) in [6, 6.07) is 13.3. The number of aliphatic hydroxyl groups is 1. The number of unbranched alkanes of at least 4 members (excludes halogenated alkanes) is 5. The smallest absolute Gasteiger partial charge is 0.459 e. The van der Waals surface area contributed by atoms with Gasteiger partial charge in [-0.1, -0.05) is 96.2 Å². The first-order chi connectivity index (χ1) is 21.9. The maximum atomic E-state index is 14.3. The van der Waals surface area contributed by atoms with Crippen molar-refractivity contribution in [3.63, 3.8) is 0 Å². The van der Waals surface area contributed by atoms with Crippen LogP contribution in [0.4, 0.5) is 0 Å². The van der Waals surface area contributed by atoms with Crippen molar-refractivity contribution < 1.29 is 28.3 Å². The number of benzene rings is 2. The van der Waals surface area contributed by atoms with E-state index < -0.39 is 25.3 Å². The number of carbonyl (C=O) groups is 1. The molecule has 3 atom stereocenters. The molecule has 0 saturated carbocycles. The van der Waals surface area contributed by atoms with Crippen LogP contribution in [0, 0.1) is 5.41 Å². The van der Waals surface area contributed by atoms with E-state index in [1.54, 1.807) is 13.0 Å². The Balaban J connectivity index is 1.65. The summed E-state index contributed by atoms with van der Waals surface area (Å²) < 4.78 is 31.9. The summed E-state index contributed by atoms with van der Waals surface area (Å²) in [5.74, 6) is -0.0884. The number of ether oxygens (including phenoxy) is 1. The van der Waals surface area contributed by atoms with Crippen molar-refractivity contribution in [2.45, 2.75) is 130 Å². The van der Waals surface area contributed by atoms with Gasteiger partial charge in [-0.3, -0.25) is 9.32 Å². The standard InChI is InChI=1S/C37H59N2O6P/c1-6-7-8-9-10-11-15-30-20-22-31(23-21-30)24-25-37(38,26-40)28-44-46(42,39-29(2)35(41)43-27-36(3,4)5)45-34-19-14-17-32-16-12-13-18-33(32)34/h14,17,19-23,29,40H,6-13,15-16,18,24-28,38H2,1-5H3,(H,39,42). The highest BCUT2D eigenvalue weighted by Crippen LogP contribution is 2.47. The zero-order valence-corrected chi connectivity index (χ0v) is 29.8. The Hall–Kier alpha value is -2.22. The van der Waals surface area contributed by atoms with E-state index in [0.29, 0.717) is 18.6 Å². The Morgan fingerprint density at radius 3 is 2.28 bits per heavy atom. The Labute approximate surface area is 277 Å². The van der Waals surface area contributed by atoms with Gasteiger partial charge in [0.05, 0.1) is 25.4 Å². The summed E-state index contributed by atoms with van der Waals surface area (Å²) in [6.07, 6.45) is 13.6. The van der Waals surface area contributed by atoms with E-state index in [2.05, 4.69) is 42.3 Å². The summed E-state index contributed by atoms with van der Waals surface area (Å²) in [4.78, 5) is 12.8. The maximum absolute atomic E-state index is 14.3. The number of nitrogens with two attached hydrogens (primary N) is 1. The molecule has 0 amide bonds. The number of rotatable bonds is 20. The van der Waals surface area contributed by atoms with Crippen LogP contribution < -0.4 is 15.3 Å². The molecule has 0 spiro atoms. The summed E-state index contributed by atoms with van der Waals surface area (Å²) >= 11 is 0. The summed E-state index contributed by atoms with van der Waals surface area (Å²) in [5.41, 5.74) is 9.82. The molecule has 2 aromatic rings. The fraction of sp³-hybridized carbons (Fsp3) is 0.649. The molecule has 3 unspecified atom stereocenters. The molecule has 46 heavy (non-hydrogen) atoms. The number of aliphatic hydroxyl groups excluding tert-OH is 1. The van der Waals surface area contributed by atoms with Crippen molar-refractivity contribution in [2.24, 2.45) is 11.1 Å². The molecule has 0 bridgehead atoms. The van der Waals surface area contributed by atoms with Gasteiger partial charge >= 0.3 is 13.7 Å². The molecule has 4 N–H and O–H groups in total. The minimum Gasteiger partial charge on any atom is -0.464 e. The van der Waals surface area contributed by atoms with E-state index in [4.69, 9.17) is 19.5 Å². The molecular weight excluding hydrogens is 599 g/mol. The van der Waals surface area contributed by atoms with Crippen LogP contribution in [0.1, 0.15) is 115 Å². The lowest BCUT2D eigenvalue weighted by Gasteiger charge is -2.31. The number of hydrogen-bond acceptors (Lipinski definition) is 7. The van der Waals surface area contributed by atoms with Crippen molar-refractivity contribution in [3.8, 4) is 5.75 Å². The van der Waals surface area contributed by atoms with Crippen LogP contribution in [0.5, 0.6) is 5.75 Å². The third-order valence-corrected chi connectivity index (χ3v) is 10.1. The molecule has 0 saturated heterocycles. The molecule has 1 aliphatic carbocycles. The molecule has 9 heteroatoms. The largest absolute Gasteiger partial charge is 0.464 e. The molecule has 258 valence electrons. The third kappa shape index (κ3) is 13.1. The van der Waals surface area contributed by atoms with Gasteiger partial charge in [0.2, 0.25) is 0 Å². The number of carbonyl (C=O) groups excluding carboxylic acids is 1. The lowest BCUT2D eigenvalue weighted by atomic mass is 9.91. The van der Waals surface area contributed by atoms with Gasteiger partial charge in [-0.05, 0) is 92.0 Å². The highest BCUT2D eigenvalue weighted by molar-refractivity contribution is 7.52. The van der Waals surface area contributed by atoms with E-state index in [1.165, 1.54) is 44.1 Å². The van der Waals surface area contributed by atoms with E-state index in [-0.39, 0.29) is 25.2 Å². The van der Waals surface area contributed by atoms with E-state index in [1.807, 2.05) is 26.8 Å². The predicted molar refractivity (Wildman–Crippen MR) is 186 cm³/mol. The fourth-order valence-electron chi connectivity index (χ4n) is 5.54. The number of aryl methyl sites for hydroxylation is 3. The van der Waals surface area contributed by atoms with Crippen molar-refractivity contribution >= 4 is 13.7 Å². The number of nitrogens with one attached hydrogen (secondary N) is 1. The summed E-state index contributed by atoms with van der Waals surface area (Å²) in [6.45, 7) is 9.32. The first-order valence-electron chi connectivity index (χ1n) is 17.3. The van der Waals surface area contributed by atoms with Crippen LogP contribution in [0.3, 0.4) is 0 Å². The van der Waals surface area contributed by atoms with Crippen LogP contribution in [-0.2, 0) is 44.3 Å². The Kier molecular flexibility index (Phi) is 15.3. The van der Waals surface area contributed by atoms with Gasteiger partial charge in [0.15, 0.2) is 0 Å². The topological polar surface area (TPSA) is 120 Å². The van der Waals surface area contributed by atoms with Crippen LogP contribution in [-0.4, -0.2) is 42.5 Å². The first kappa shape index (κ1) is 38.2. The predicted octanol–water partition coefficient (Wildman–Crippen LogP) is 7.86. The van der Waals surface area contributed by atoms with E-state index in [9.17, 15) is 14.5 Å². The minimum absolute atomic E-state index is 0.215. The molecule has 0 aliphatic heterocycles. The van der Waals surface area contributed by atoms with Crippen LogP contribution >= 0.6 is 7.75 Å². The Morgan fingerprint density at radius 1 is 0.957 bits per heavy atom. The van der Waals surface area contributed by atoms with Gasteiger partial charge in [0.25, 0.3) is 0 Å². The minimum atomic E-state index is -4.14. The highest BCUT2D eigenvalue weighted by atomic mass is 31.2. The van der Waals surface area contributed by atoms with Crippen molar-refractivity contribution in [1.29, 1.82) is 0 Å².